The summed E-state index contributed by atoms with van der Waals surface area (Å²) in [7, 11) is 0. The van der Waals surface area contributed by atoms with Crippen molar-refractivity contribution in [2.45, 2.75) is 47.0 Å². The topological polar surface area (TPSA) is 58.0 Å². The Labute approximate surface area is 168 Å². The number of aryl methyl sites for hydroxylation is 1. The number of rotatable bonds is 4. The monoisotopic (exact) mass is 381 g/mol. The number of ether oxygens (including phenoxy) is 1. The third-order valence-electron chi connectivity index (χ3n) is 5.22. The van der Waals surface area contributed by atoms with Crippen molar-refractivity contribution >= 4 is 5.84 Å². The van der Waals surface area contributed by atoms with Gasteiger partial charge in [-0.3, -0.25) is 0 Å². The Morgan fingerprint density at radius 1 is 1.18 bits per heavy atom. The molecule has 0 amide bonds. The zero-order valence-electron chi connectivity index (χ0n) is 17.5. The van der Waals surface area contributed by atoms with E-state index in [1.54, 1.807) is 6.20 Å². The summed E-state index contributed by atoms with van der Waals surface area (Å²) in [5, 5.41) is 13.2. The number of likely N-dealkylation sites (tertiary alicyclic amines) is 1. The molecule has 3 rings (SSSR count). The molecular weight excluding hydrogens is 350 g/mol. The fraction of sp³-hybridized carbons (Fsp3) is 0.478. The average molecular weight is 382 g/mol. The van der Waals surface area contributed by atoms with E-state index in [1.165, 1.54) is 17.5 Å². The van der Waals surface area contributed by atoms with E-state index < -0.39 is 0 Å². The van der Waals surface area contributed by atoms with Crippen LogP contribution in [-0.2, 0) is 0 Å². The molecule has 2 unspecified atom stereocenters. The van der Waals surface area contributed by atoms with Crippen LogP contribution in [0.1, 0.15) is 56.7 Å². The highest BCUT2D eigenvalue weighted by Gasteiger charge is 2.25. The van der Waals surface area contributed by atoms with Crippen LogP contribution in [0.15, 0.2) is 41.7 Å². The lowest BCUT2D eigenvalue weighted by atomic mass is 9.91. The van der Waals surface area contributed by atoms with Gasteiger partial charge in [0, 0.05) is 30.9 Å². The maximum atomic E-state index is 9.61. The summed E-state index contributed by atoms with van der Waals surface area (Å²) in [6.07, 6.45) is 2.92. The fourth-order valence-electron chi connectivity index (χ4n) is 4.00. The standard InChI is InChI=1S/C23H31N3O2/c1-15(2)20-9-16(3)10-21(11-20)28-22-7-6-19(12-24-22)23(25-27)26-13-17(4)8-18(5)14-26/h6-7,9-12,15,17-18,27H,8,13-14H2,1-5H3/b25-23-. The number of hydrogen-bond donors (Lipinski definition) is 1. The minimum atomic E-state index is 0.440. The van der Waals surface area contributed by atoms with Crippen molar-refractivity contribution in [3.63, 3.8) is 0 Å². The fourth-order valence-corrected chi connectivity index (χ4v) is 4.00. The summed E-state index contributed by atoms with van der Waals surface area (Å²) in [4.78, 5) is 6.58. The van der Waals surface area contributed by atoms with E-state index in [2.05, 4.69) is 61.8 Å². The second-order valence-electron chi connectivity index (χ2n) is 8.50. The van der Waals surface area contributed by atoms with Crippen LogP contribution in [0.4, 0.5) is 0 Å². The Morgan fingerprint density at radius 2 is 1.89 bits per heavy atom. The highest BCUT2D eigenvalue weighted by Crippen LogP contribution is 2.27. The van der Waals surface area contributed by atoms with Gasteiger partial charge in [-0.15, -0.1) is 0 Å². The molecule has 1 aromatic heterocycles. The molecule has 1 saturated heterocycles. The summed E-state index contributed by atoms with van der Waals surface area (Å²) in [6.45, 7) is 12.7. The minimum Gasteiger partial charge on any atom is -0.439 e. The normalized spacial score (nSPS) is 20.5. The van der Waals surface area contributed by atoms with Gasteiger partial charge in [-0.2, -0.15) is 0 Å². The Morgan fingerprint density at radius 3 is 2.46 bits per heavy atom. The lowest BCUT2D eigenvalue weighted by Gasteiger charge is -2.36. The van der Waals surface area contributed by atoms with Gasteiger partial charge in [0.15, 0.2) is 5.84 Å². The maximum absolute atomic E-state index is 9.61. The van der Waals surface area contributed by atoms with Gasteiger partial charge in [0.05, 0.1) is 0 Å². The molecule has 0 bridgehead atoms. The first-order valence-corrected chi connectivity index (χ1v) is 10.1. The molecule has 28 heavy (non-hydrogen) atoms. The molecule has 1 N–H and O–H groups in total. The third-order valence-corrected chi connectivity index (χ3v) is 5.22. The van der Waals surface area contributed by atoms with E-state index in [4.69, 9.17) is 4.74 Å². The molecule has 0 spiro atoms. The van der Waals surface area contributed by atoms with Gasteiger partial charge in [0.2, 0.25) is 5.88 Å². The van der Waals surface area contributed by atoms with Crippen molar-refractivity contribution in [3.8, 4) is 11.6 Å². The average Bonchev–Trinajstić information content (AvgIpc) is 2.62. The number of nitrogens with zero attached hydrogens (tertiary/aromatic N) is 3. The van der Waals surface area contributed by atoms with E-state index in [1.807, 2.05) is 18.2 Å². The van der Waals surface area contributed by atoms with Crippen LogP contribution >= 0.6 is 0 Å². The molecule has 5 heteroatoms. The van der Waals surface area contributed by atoms with E-state index in [0.717, 1.165) is 24.4 Å². The number of piperidine rings is 1. The van der Waals surface area contributed by atoms with Crippen LogP contribution in [0.5, 0.6) is 11.6 Å². The first-order valence-electron chi connectivity index (χ1n) is 10.1. The smallest absolute Gasteiger partial charge is 0.219 e. The largest absolute Gasteiger partial charge is 0.439 e. The molecule has 2 aromatic rings. The highest BCUT2D eigenvalue weighted by molar-refractivity contribution is 5.98. The molecular formula is C23H31N3O2. The number of pyridine rings is 1. The molecule has 0 saturated carbocycles. The predicted molar refractivity (Wildman–Crippen MR) is 112 cm³/mol. The van der Waals surface area contributed by atoms with Crippen molar-refractivity contribution in [3.05, 3.63) is 53.2 Å². The zero-order chi connectivity index (χ0) is 20.3. The summed E-state index contributed by atoms with van der Waals surface area (Å²) >= 11 is 0. The van der Waals surface area contributed by atoms with Gasteiger partial charge >= 0.3 is 0 Å². The van der Waals surface area contributed by atoms with Crippen molar-refractivity contribution in [1.82, 2.24) is 9.88 Å². The van der Waals surface area contributed by atoms with E-state index in [9.17, 15) is 5.21 Å². The van der Waals surface area contributed by atoms with Gasteiger partial charge in [-0.25, -0.2) is 4.98 Å². The van der Waals surface area contributed by atoms with Gasteiger partial charge in [-0.05, 0) is 60.4 Å². The Hall–Kier alpha value is -2.56. The second kappa shape index (κ2) is 8.63. The SMILES string of the molecule is Cc1cc(Oc2ccc(/C(=N/O)N3CC(C)CC(C)C3)cn2)cc(C(C)C)c1. The second-order valence-corrected chi connectivity index (χ2v) is 8.50. The highest BCUT2D eigenvalue weighted by atomic mass is 16.5. The Kier molecular flexibility index (Phi) is 6.22. The summed E-state index contributed by atoms with van der Waals surface area (Å²) in [6, 6.07) is 9.98. The first kappa shape index (κ1) is 20.2. The lowest BCUT2D eigenvalue weighted by molar-refractivity contribution is 0.204. The molecule has 5 nitrogen and oxygen atoms in total. The summed E-state index contributed by atoms with van der Waals surface area (Å²) < 4.78 is 5.97. The van der Waals surface area contributed by atoms with Crippen LogP contribution < -0.4 is 4.74 Å². The van der Waals surface area contributed by atoms with Gasteiger partial charge in [0.1, 0.15) is 5.75 Å². The molecule has 150 valence electrons. The van der Waals surface area contributed by atoms with Crippen molar-refractivity contribution in [2.24, 2.45) is 17.0 Å². The van der Waals surface area contributed by atoms with Crippen molar-refractivity contribution in [1.29, 1.82) is 0 Å². The third kappa shape index (κ3) is 4.83. The number of aromatic nitrogens is 1. The molecule has 0 aliphatic carbocycles. The van der Waals surface area contributed by atoms with Gasteiger partial charge in [-0.1, -0.05) is 38.9 Å². The van der Waals surface area contributed by atoms with Crippen LogP contribution in [-0.4, -0.2) is 34.0 Å². The van der Waals surface area contributed by atoms with Crippen molar-refractivity contribution in [2.75, 3.05) is 13.1 Å². The first-order chi connectivity index (χ1) is 13.4. The molecule has 1 aromatic carbocycles. The minimum absolute atomic E-state index is 0.440. The molecule has 1 fully saturated rings. The quantitative estimate of drug-likeness (QED) is 0.332. The van der Waals surface area contributed by atoms with E-state index >= 15 is 0 Å². The number of benzene rings is 1. The van der Waals surface area contributed by atoms with Crippen LogP contribution in [0.25, 0.3) is 0 Å². The van der Waals surface area contributed by atoms with Gasteiger partial charge in [0.25, 0.3) is 0 Å². The molecule has 0 radical (unpaired) electrons. The molecule has 1 aliphatic rings. The number of hydrogen-bond acceptors (Lipinski definition) is 4. The molecule has 2 atom stereocenters. The van der Waals surface area contributed by atoms with E-state index in [0.29, 0.717) is 29.5 Å². The van der Waals surface area contributed by atoms with Crippen molar-refractivity contribution < 1.29 is 9.94 Å². The maximum Gasteiger partial charge on any atom is 0.219 e. The number of oxime groups is 1. The zero-order valence-corrected chi connectivity index (χ0v) is 17.5. The van der Waals surface area contributed by atoms with Crippen LogP contribution in [0.3, 0.4) is 0 Å². The Bertz CT molecular complexity index is 820. The summed E-state index contributed by atoms with van der Waals surface area (Å²) in [5.41, 5.74) is 3.21. The number of amidine groups is 1. The predicted octanol–water partition coefficient (Wildman–Crippen LogP) is 5.42. The molecule has 2 heterocycles. The van der Waals surface area contributed by atoms with Gasteiger partial charge < -0.3 is 14.8 Å². The summed E-state index contributed by atoms with van der Waals surface area (Å²) in [5.74, 6) is 3.49. The molecule has 1 aliphatic heterocycles. The lowest BCUT2D eigenvalue weighted by Crippen LogP contribution is -2.43. The van der Waals surface area contributed by atoms with Crippen LogP contribution in [0.2, 0.25) is 0 Å². The van der Waals surface area contributed by atoms with E-state index in [-0.39, 0.29) is 0 Å². The van der Waals surface area contributed by atoms with Crippen LogP contribution in [0, 0.1) is 18.8 Å². The Balaban J connectivity index is 1.76.